The Kier molecular flexibility index (Phi) is 37.3. The Morgan fingerprint density at radius 2 is 1.16 bits per heavy atom. The van der Waals surface area contributed by atoms with Gasteiger partial charge in [0.05, 0.1) is 12.6 Å². The molecule has 31 nitrogen and oxygen atoms in total. The van der Waals surface area contributed by atoms with Crippen LogP contribution in [0.25, 0.3) is 0 Å². The van der Waals surface area contributed by atoms with E-state index in [-0.39, 0.29) is 105 Å². The SMILES string of the molecule is CC(C)C(N)C(=O)CC(C(=O)NC(CSCC(=O)Nc1ccccc1[As](O)O)C(=O)CCC(=O)O)C(C)O.C[As](O)c1ccc(NC(=O)CSc2nnnn2CC(=O)O)cc1.NCC(=O)CCC(=O)NC(CSCC(=O)Nc1ccccc1[As](O)O)C(=O)O. The third-order valence-electron chi connectivity index (χ3n) is 11.7. The van der Waals surface area contributed by atoms with Crippen molar-refractivity contribution >= 4 is 176 Å². The van der Waals surface area contributed by atoms with Crippen molar-refractivity contribution in [1.29, 1.82) is 0 Å². The number of nitrogens with one attached hydrogen (secondary N) is 5. The number of carbonyl (C=O) groups excluding carboxylic acids is 8. The standard InChI is InChI=1S/C24H36AsN3O9S.C16H22AsN3O7S.C12H14AsN5O4S/c1-13(2)23(26)20(31)10-15(14(3)29)24(35)28-18(19(30)8-9-22(33)34)11-38-12-21(32)27-17-7-5-4-6-16(17)25(36)37;18-7-10(21)5-6-14(22)20-13(16(24)25)8-28-9-15(23)19-12-4-2-1-3-11(12)17(26)27;1-13(22)8-2-4-9(5-3-8)14-10(19)7-23-12-15-16-17-18(12)6-11(20)21/h4-7,13-15,18,23,29,36-37H,8-12,26H2,1-3H3,(H,27,32)(H,28,35)(H,33,34);1-4,13,26-27H,5-9,18H2,(H,19,23)(H,20,22)(H,24,25);2-5,22H,6-7H2,1H3,(H,14,19)(H,20,21). The van der Waals surface area contributed by atoms with Crippen LogP contribution in [-0.4, -0.2) is 231 Å². The number of hydrogen-bond donors (Lipinski definition) is 16. The number of amides is 5. The molecule has 0 bridgehead atoms. The molecule has 0 radical (unpaired) electrons. The number of nitrogens with two attached hydrogens (primary N) is 2. The van der Waals surface area contributed by atoms with Crippen molar-refractivity contribution in [3.8, 4) is 0 Å². The van der Waals surface area contributed by atoms with Crippen LogP contribution in [0.15, 0.2) is 78.0 Å². The number of anilines is 3. The number of tetrazole rings is 1. The van der Waals surface area contributed by atoms with Gasteiger partial charge in [0.25, 0.3) is 0 Å². The Bertz CT molecular complexity index is 3020. The Balaban J connectivity index is 0.000000470. The molecule has 0 fully saturated rings. The number of nitrogens with zero attached hydrogens (tertiary/aromatic N) is 4. The van der Waals surface area contributed by atoms with Crippen molar-refractivity contribution in [2.75, 3.05) is 51.3 Å². The number of para-hydroxylation sites is 2. The predicted molar refractivity (Wildman–Crippen MR) is 333 cm³/mol. The number of ketones is 3. The van der Waals surface area contributed by atoms with E-state index in [1.807, 2.05) is 0 Å². The van der Waals surface area contributed by atoms with Gasteiger partial charge in [0.15, 0.2) is 5.78 Å². The molecule has 0 aliphatic heterocycles. The predicted octanol–water partition coefficient (Wildman–Crippen LogP) is -3.88. The van der Waals surface area contributed by atoms with E-state index in [1.54, 1.807) is 68.1 Å². The molecule has 1 heterocycles. The zero-order valence-electron chi connectivity index (χ0n) is 48.4. The molecule has 0 saturated heterocycles. The number of carbonyl (C=O) groups is 11. The first-order valence-corrected chi connectivity index (χ1v) is 38.6. The number of thioether (sulfide) groups is 3. The summed E-state index contributed by atoms with van der Waals surface area (Å²) in [6.07, 6.45) is -2.61. The van der Waals surface area contributed by atoms with Gasteiger partial charge in [-0.25, -0.2) is 0 Å². The molecule has 0 spiro atoms. The molecule has 4 rings (SSSR count). The van der Waals surface area contributed by atoms with Crippen molar-refractivity contribution in [1.82, 2.24) is 30.8 Å². The maximum atomic E-state index is 12.9. The van der Waals surface area contributed by atoms with Crippen molar-refractivity contribution in [2.24, 2.45) is 23.3 Å². The van der Waals surface area contributed by atoms with E-state index in [2.05, 4.69) is 42.1 Å². The quantitative estimate of drug-likeness (QED) is 0.0153. The van der Waals surface area contributed by atoms with E-state index in [9.17, 15) is 83.4 Å². The summed E-state index contributed by atoms with van der Waals surface area (Å²) >= 11 is -5.27. The number of aliphatic carboxylic acids is 3. The van der Waals surface area contributed by atoms with Crippen LogP contribution >= 0.6 is 35.3 Å². The summed E-state index contributed by atoms with van der Waals surface area (Å²) in [6, 6.07) is 16.4. The summed E-state index contributed by atoms with van der Waals surface area (Å²) in [6.45, 7) is 4.29. The second kappa shape index (κ2) is 42.1. The van der Waals surface area contributed by atoms with Gasteiger partial charge in [-0.15, -0.1) is 0 Å². The maximum absolute atomic E-state index is 12.9. The molecular weight excluding hydrogens is 1420 g/mol. The summed E-state index contributed by atoms with van der Waals surface area (Å²) in [4.78, 5) is 130. The molecule has 0 saturated carbocycles. The fraction of sp³-hybridized carbons (Fsp3) is 0.423. The van der Waals surface area contributed by atoms with E-state index < -0.39 is 135 Å². The number of Topliss-reactive ketones (excluding diaryl/α,β-unsaturated/α-hetero) is 3. The monoisotopic (exact) mass is 1490 g/mol. The second-order valence-corrected chi connectivity index (χ2v) is 29.8. The van der Waals surface area contributed by atoms with Gasteiger partial charge in [0.2, 0.25) is 0 Å². The normalized spacial score (nSPS) is 12.9. The van der Waals surface area contributed by atoms with E-state index in [0.717, 1.165) is 44.3 Å². The van der Waals surface area contributed by atoms with Crippen LogP contribution < -0.4 is 51.1 Å². The average molecular weight is 1490 g/mol. The van der Waals surface area contributed by atoms with E-state index in [0.29, 0.717) is 11.4 Å². The van der Waals surface area contributed by atoms with Gasteiger partial charge in [-0.3, -0.25) is 19.2 Å². The zero-order chi connectivity index (χ0) is 66.9. The number of hydrogen-bond acceptors (Lipinski definition) is 25. The van der Waals surface area contributed by atoms with Crippen molar-refractivity contribution < 1.29 is 93.6 Å². The summed E-state index contributed by atoms with van der Waals surface area (Å²) in [7, 11) is 0. The molecule has 3 aromatic carbocycles. The number of aliphatic hydroxyl groups excluding tert-OH is 1. The van der Waals surface area contributed by atoms with Crippen molar-refractivity contribution in [3.63, 3.8) is 0 Å². The van der Waals surface area contributed by atoms with Crippen LogP contribution in [0.2, 0.25) is 5.71 Å². The number of carboxylic acid groups (broad SMARTS) is 3. The number of benzene rings is 3. The molecule has 37 heteroatoms. The van der Waals surface area contributed by atoms with Crippen LogP contribution in [-0.2, 0) is 59.3 Å². The van der Waals surface area contributed by atoms with Gasteiger partial charge >= 0.3 is 445 Å². The molecule has 1 aromatic heterocycles. The minimum atomic E-state index is -3.24. The van der Waals surface area contributed by atoms with E-state index in [1.165, 1.54) is 31.2 Å². The average Bonchev–Trinajstić information content (AvgIpc) is 4.05. The molecule has 5 amide bonds. The van der Waals surface area contributed by atoms with Gasteiger partial charge in [-0.2, -0.15) is 0 Å². The molecule has 6 unspecified atom stereocenters. The molecule has 488 valence electrons. The van der Waals surface area contributed by atoms with E-state index in [4.69, 9.17) is 21.7 Å². The number of carboxylic acids is 3. The first-order valence-electron chi connectivity index (χ1n) is 26.4. The van der Waals surface area contributed by atoms with Crippen molar-refractivity contribution in [3.05, 3.63) is 72.8 Å². The zero-order valence-corrected chi connectivity index (χ0v) is 56.5. The number of rotatable bonds is 36. The van der Waals surface area contributed by atoms with Gasteiger partial charge < -0.3 is 26.8 Å². The molecule has 18 N–H and O–H groups in total. The summed E-state index contributed by atoms with van der Waals surface area (Å²) in [5.41, 5.74) is 14.0. The van der Waals surface area contributed by atoms with E-state index >= 15 is 0 Å². The first kappa shape index (κ1) is 79.0. The van der Waals surface area contributed by atoms with Crippen LogP contribution in [0.3, 0.4) is 0 Å². The third-order valence-corrected chi connectivity index (χ3v) is 20.3. The van der Waals surface area contributed by atoms with Gasteiger partial charge in [-0.05, 0) is 12.8 Å². The Labute approximate surface area is 538 Å². The number of aliphatic hydroxyl groups is 1. The molecule has 0 aliphatic rings. The van der Waals surface area contributed by atoms with Crippen LogP contribution in [0.1, 0.15) is 52.9 Å². The Hall–Kier alpha value is -6.09. The van der Waals surface area contributed by atoms with Gasteiger partial charge in [0.1, 0.15) is 5.78 Å². The summed E-state index contributed by atoms with van der Waals surface area (Å²) in [5.74, 6) is -9.06. The first-order chi connectivity index (χ1) is 41.9. The van der Waals surface area contributed by atoms with Crippen LogP contribution in [0.5, 0.6) is 0 Å². The Morgan fingerprint density at radius 3 is 1.63 bits per heavy atom. The van der Waals surface area contributed by atoms with Crippen LogP contribution in [0.4, 0.5) is 17.1 Å². The summed E-state index contributed by atoms with van der Waals surface area (Å²) < 4.78 is 50.1. The third kappa shape index (κ3) is 31.5. The number of aromatic nitrogens is 4. The second-order valence-electron chi connectivity index (χ2n) is 19.1. The van der Waals surface area contributed by atoms with Crippen LogP contribution in [0, 0.1) is 11.8 Å². The molecule has 89 heavy (non-hydrogen) atoms. The van der Waals surface area contributed by atoms with Gasteiger partial charge in [-0.1, -0.05) is 13.8 Å². The molecular formula is C52H72As3N11O20S3. The minimum absolute atomic E-state index is 0.0489. The Morgan fingerprint density at radius 1 is 0.629 bits per heavy atom. The molecule has 4 aromatic rings. The molecule has 0 aliphatic carbocycles. The van der Waals surface area contributed by atoms with Gasteiger partial charge in [0, 0.05) is 0 Å². The summed E-state index contributed by atoms with van der Waals surface area (Å²) in [5, 5.41) is 60.4. The fourth-order valence-electron chi connectivity index (χ4n) is 6.94. The molecule has 6 atom stereocenters. The van der Waals surface area contributed by atoms with Crippen molar-refractivity contribution in [2.45, 2.75) is 94.5 Å². The fourth-order valence-corrected chi connectivity index (χ4v) is 12.9. The topological polar surface area (TPSA) is 526 Å².